The van der Waals surface area contributed by atoms with Crippen LogP contribution in [0.4, 0.5) is 8.78 Å². The summed E-state index contributed by atoms with van der Waals surface area (Å²) in [6, 6.07) is -0.470. The van der Waals surface area contributed by atoms with E-state index in [-0.39, 0.29) is 19.0 Å². The largest absolute Gasteiger partial charge is 0.468 e. The number of methoxy groups -OCH3 is 1. The van der Waals surface area contributed by atoms with Gasteiger partial charge in [0.15, 0.2) is 0 Å². The smallest absolute Gasteiger partial charge is 0.323 e. The zero-order valence-corrected chi connectivity index (χ0v) is 9.43. The maximum Gasteiger partial charge on any atom is 0.323 e. The molecule has 0 radical (unpaired) electrons. The number of hydrogen-bond donors (Lipinski definition) is 0. The number of rotatable bonds is 3. The molecule has 1 atom stereocenters. The first-order valence-electron chi connectivity index (χ1n) is 4.75. The van der Waals surface area contributed by atoms with E-state index in [2.05, 4.69) is 4.74 Å². The average molecular weight is 244 g/mol. The molecule has 1 heterocycles. The minimum absolute atomic E-state index is 0. The summed E-state index contributed by atoms with van der Waals surface area (Å²) >= 11 is 0. The zero-order chi connectivity index (χ0) is 10.6. The number of hydrogen-bond acceptors (Lipinski definition) is 3. The van der Waals surface area contributed by atoms with Crippen LogP contribution in [0.2, 0.25) is 0 Å². The number of likely N-dealkylation sites (tertiary alicyclic amines) is 1. The van der Waals surface area contributed by atoms with Gasteiger partial charge < -0.3 is 4.74 Å². The number of esters is 1. The number of carbonyl (C=O) groups is 1. The van der Waals surface area contributed by atoms with E-state index in [1.165, 1.54) is 12.0 Å². The predicted octanol–water partition coefficient (Wildman–Crippen LogP) is 1.70. The van der Waals surface area contributed by atoms with Crippen LogP contribution in [0.15, 0.2) is 0 Å². The van der Waals surface area contributed by atoms with E-state index in [9.17, 15) is 13.6 Å². The Hall–Kier alpha value is -0.420. The molecule has 0 aliphatic carbocycles. The van der Waals surface area contributed by atoms with Crippen LogP contribution in [-0.2, 0) is 9.53 Å². The summed E-state index contributed by atoms with van der Waals surface area (Å²) in [5.74, 6) is -0.398. The molecule has 1 saturated heterocycles. The van der Waals surface area contributed by atoms with Crippen molar-refractivity contribution >= 4 is 18.4 Å². The number of piperidine rings is 1. The predicted molar refractivity (Wildman–Crippen MR) is 54.5 cm³/mol. The molecular weight excluding hydrogens is 228 g/mol. The van der Waals surface area contributed by atoms with Crippen LogP contribution < -0.4 is 0 Å². The van der Waals surface area contributed by atoms with Gasteiger partial charge in [0.05, 0.1) is 13.7 Å². The van der Waals surface area contributed by atoms with Crippen LogP contribution in [0.1, 0.15) is 19.3 Å². The first-order chi connectivity index (χ1) is 6.65. The molecule has 0 aromatic rings. The van der Waals surface area contributed by atoms with Crippen LogP contribution >= 0.6 is 12.4 Å². The Morgan fingerprint density at radius 3 is 2.73 bits per heavy atom. The Labute approximate surface area is 94.2 Å². The van der Waals surface area contributed by atoms with Gasteiger partial charge in [0.25, 0.3) is 6.43 Å². The molecule has 0 N–H and O–H groups in total. The molecule has 0 bridgehead atoms. The fourth-order valence-corrected chi connectivity index (χ4v) is 1.79. The standard InChI is InChI=1S/C9H15F2NO2.ClH/c1-14-9(13)7-4-2-3-5-12(7)6-8(10)11;/h7-8H,2-6H2,1H3;1H. The highest BCUT2D eigenvalue weighted by molar-refractivity contribution is 5.85. The lowest BCUT2D eigenvalue weighted by molar-refractivity contribution is -0.149. The highest BCUT2D eigenvalue weighted by atomic mass is 35.5. The van der Waals surface area contributed by atoms with Gasteiger partial charge in [-0.3, -0.25) is 9.69 Å². The molecule has 1 unspecified atom stereocenters. The molecule has 90 valence electrons. The van der Waals surface area contributed by atoms with Crippen molar-refractivity contribution < 1.29 is 18.3 Å². The van der Waals surface area contributed by atoms with Gasteiger partial charge in [-0.15, -0.1) is 12.4 Å². The van der Waals surface area contributed by atoms with Crippen molar-refractivity contribution in [1.29, 1.82) is 0 Å². The van der Waals surface area contributed by atoms with Crippen molar-refractivity contribution in [1.82, 2.24) is 4.90 Å². The number of halogens is 3. The summed E-state index contributed by atoms with van der Waals surface area (Å²) in [5, 5.41) is 0. The SMILES string of the molecule is COC(=O)C1CCCCN1CC(F)F.Cl. The van der Waals surface area contributed by atoms with E-state index >= 15 is 0 Å². The van der Waals surface area contributed by atoms with Crippen LogP contribution in [0.5, 0.6) is 0 Å². The average Bonchev–Trinajstić information content (AvgIpc) is 2.16. The molecule has 0 amide bonds. The monoisotopic (exact) mass is 243 g/mol. The first-order valence-corrected chi connectivity index (χ1v) is 4.75. The molecule has 1 aliphatic heterocycles. The summed E-state index contributed by atoms with van der Waals surface area (Å²) in [5.41, 5.74) is 0. The molecule has 1 rings (SSSR count). The topological polar surface area (TPSA) is 29.5 Å². The van der Waals surface area contributed by atoms with Crippen molar-refractivity contribution in [3.63, 3.8) is 0 Å². The molecule has 0 aromatic heterocycles. The number of carbonyl (C=O) groups excluding carboxylic acids is 1. The summed E-state index contributed by atoms with van der Waals surface area (Å²) < 4.78 is 28.9. The minimum atomic E-state index is -2.39. The maximum absolute atomic E-state index is 12.2. The lowest BCUT2D eigenvalue weighted by Gasteiger charge is -2.33. The molecule has 0 aromatic carbocycles. The molecule has 0 saturated carbocycles. The Morgan fingerprint density at radius 1 is 1.53 bits per heavy atom. The highest BCUT2D eigenvalue weighted by Crippen LogP contribution is 2.18. The Morgan fingerprint density at radius 2 is 2.20 bits per heavy atom. The van der Waals surface area contributed by atoms with E-state index in [4.69, 9.17) is 0 Å². The van der Waals surface area contributed by atoms with Crippen molar-refractivity contribution in [3.8, 4) is 0 Å². The summed E-state index contributed by atoms with van der Waals surface area (Å²) in [6.07, 6.45) is 0.0132. The third-order valence-corrected chi connectivity index (χ3v) is 2.46. The summed E-state index contributed by atoms with van der Waals surface area (Å²) in [7, 11) is 1.29. The van der Waals surface area contributed by atoms with Gasteiger partial charge in [0, 0.05) is 0 Å². The van der Waals surface area contributed by atoms with E-state index < -0.39 is 18.4 Å². The van der Waals surface area contributed by atoms with Crippen molar-refractivity contribution in [2.75, 3.05) is 20.2 Å². The normalized spacial score (nSPS) is 22.3. The lowest BCUT2D eigenvalue weighted by Crippen LogP contribution is -2.47. The van der Waals surface area contributed by atoms with Crippen LogP contribution in [-0.4, -0.2) is 43.5 Å². The van der Waals surface area contributed by atoms with Crippen molar-refractivity contribution in [2.24, 2.45) is 0 Å². The van der Waals surface area contributed by atoms with Gasteiger partial charge in [-0.25, -0.2) is 8.78 Å². The van der Waals surface area contributed by atoms with Gasteiger partial charge in [0.2, 0.25) is 0 Å². The van der Waals surface area contributed by atoms with E-state index in [0.29, 0.717) is 13.0 Å². The van der Waals surface area contributed by atoms with Gasteiger partial charge >= 0.3 is 5.97 Å². The van der Waals surface area contributed by atoms with Crippen molar-refractivity contribution in [2.45, 2.75) is 31.7 Å². The molecule has 6 heteroatoms. The van der Waals surface area contributed by atoms with E-state index in [1.54, 1.807) is 0 Å². The van der Waals surface area contributed by atoms with Crippen LogP contribution in [0, 0.1) is 0 Å². The van der Waals surface area contributed by atoms with Gasteiger partial charge in [0.1, 0.15) is 6.04 Å². The number of alkyl halides is 2. The fraction of sp³-hybridized carbons (Fsp3) is 0.889. The molecule has 3 nitrogen and oxygen atoms in total. The third kappa shape index (κ3) is 4.30. The van der Waals surface area contributed by atoms with E-state index in [1.807, 2.05) is 0 Å². The van der Waals surface area contributed by atoms with Crippen molar-refractivity contribution in [3.05, 3.63) is 0 Å². The second-order valence-corrected chi connectivity index (χ2v) is 3.42. The molecular formula is C9H16ClF2NO2. The van der Waals surface area contributed by atoms with E-state index in [0.717, 1.165) is 12.8 Å². The zero-order valence-electron chi connectivity index (χ0n) is 8.62. The Kier molecular flexibility index (Phi) is 6.76. The Bertz CT molecular complexity index is 205. The second-order valence-electron chi connectivity index (χ2n) is 3.42. The molecule has 0 spiro atoms. The Balaban J connectivity index is 0.00000196. The summed E-state index contributed by atoms with van der Waals surface area (Å²) in [4.78, 5) is 12.8. The first kappa shape index (κ1) is 14.6. The number of nitrogens with zero attached hydrogens (tertiary/aromatic N) is 1. The van der Waals surface area contributed by atoms with Gasteiger partial charge in [-0.2, -0.15) is 0 Å². The minimum Gasteiger partial charge on any atom is -0.468 e. The molecule has 15 heavy (non-hydrogen) atoms. The van der Waals surface area contributed by atoms with Crippen LogP contribution in [0.25, 0.3) is 0 Å². The molecule has 1 fully saturated rings. The van der Waals surface area contributed by atoms with Gasteiger partial charge in [-0.1, -0.05) is 6.42 Å². The van der Waals surface area contributed by atoms with Gasteiger partial charge in [-0.05, 0) is 19.4 Å². The maximum atomic E-state index is 12.2. The fourth-order valence-electron chi connectivity index (χ4n) is 1.79. The molecule has 1 aliphatic rings. The number of ether oxygens (including phenoxy) is 1. The van der Waals surface area contributed by atoms with Crippen LogP contribution in [0.3, 0.4) is 0 Å². The highest BCUT2D eigenvalue weighted by Gasteiger charge is 2.30. The quantitative estimate of drug-likeness (QED) is 0.707. The summed E-state index contributed by atoms with van der Waals surface area (Å²) in [6.45, 7) is 0.226. The third-order valence-electron chi connectivity index (χ3n) is 2.46. The lowest BCUT2D eigenvalue weighted by atomic mass is 10.0. The second kappa shape index (κ2) is 6.95.